The van der Waals surface area contributed by atoms with E-state index in [2.05, 4.69) is 9.88 Å². The van der Waals surface area contributed by atoms with Crippen LogP contribution in [0, 0.1) is 13.8 Å². The number of rotatable bonds is 4. The summed E-state index contributed by atoms with van der Waals surface area (Å²) in [4.78, 5) is 0.140. The van der Waals surface area contributed by atoms with E-state index in [1.54, 1.807) is 32.0 Å². The Bertz CT molecular complexity index is 672. The normalized spacial score (nSPS) is 11.7. The Morgan fingerprint density at radius 3 is 2.58 bits per heavy atom. The van der Waals surface area contributed by atoms with Crippen molar-refractivity contribution in [2.45, 2.75) is 25.3 Å². The van der Waals surface area contributed by atoms with Gasteiger partial charge in [-0.3, -0.25) is 0 Å². The number of aromatic nitrogens is 1. The first-order valence-corrected chi connectivity index (χ1v) is 7.14. The fourth-order valence-corrected chi connectivity index (χ4v) is 2.81. The smallest absolute Gasteiger partial charge is 0.241 e. The summed E-state index contributed by atoms with van der Waals surface area (Å²) >= 11 is 0. The number of sulfonamides is 1. The lowest BCUT2D eigenvalue weighted by atomic mass is 10.2. The molecule has 0 fully saturated rings. The van der Waals surface area contributed by atoms with E-state index in [1.165, 1.54) is 6.07 Å². The molecule has 0 unspecified atom stereocenters. The predicted octanol–water partition coefficient (Wildman–Crippen LogP) is 1.35. The number of nitrogens with two attached hydrogens (primary N) is 1. The Balaban J connectivity index is 2.18. The standard InChI is InChI=1S/C12H15N3O3S/c1-8-3-10(13)6-12(4-8)19(16,17)14-7-11-5-9(2)15-18-11/h3-6,14H,7,13H2,1-2H3. The number of benzene rings is 1. The van der Waals surface area contributed by atoms with E-state index in [9.17, 15) is 8.42 Å². The molecule has 0 aliphatic heterocycles. The van der Waals surface area contributed by atoms with Crippen LogP contribution in [0.5, 0.6) is 0 Å². The zero-order valence-electron chi connectivity index (χ0n) is 10.7. The van der Waals surface area contributed by atoms with E-state index in [0.29, 0.717) is 17.1 Å². The van der Waals surface area contributed by atoms with Crippen LogP contribution in [0.3, 0.4) is 0 Å². The third-order valence-corrected chi connectivity index (χ3v) is 3.88. The molecular weight excluding hydrogens is 266 g/mol. The number of nitrogens with zero attached hydrogens (tertiary/aromatic N) is 1. The number of hydrogen-bond acceptors (Lipinski definition) is 5. The number of nitrogen functional groups attached to an aromatic ring is 1. The van der Waals surface area contributed by atoms with Gasteiger partial charge in [0.05, 0.1) is 17.1 Å². The van der Waals surface area contributed by atoms with Crippen molar-refractivity contribution in [3.8, 4) is 0 Å². The van der Waals surface area contributed by atoms with Crippen LogP contribution in [0.4, 0.5) is 5.69 Å². The van der Waals surface area contributed by atoms with Gasteiger partial charge in [0, 0.05) is 11.8 Å². The molecule has 0 spiro atoms. The lowest BCUT2D eigenvalue weighted by Crippen LogP contribution is -2.23. The fourth-order valence-electron chi connectivity index (χ4n) is 1.68. The molecule has 0 saturated heterocycles. The highest BCUT2D eigenvalue weighted by Crippen LogP contribution is 2.16. The number of aryl methyl sites for hydroxylation is 2. The maximum atomic E-state index is 12.1. The van der Waals surface area contributed by atoms with Crippen molar-refractivity contribution >= 4 is 15.7 Å². The van der Waals surface area contributed by atoms with Gasteiger partial charge in [-0.05, 0) is 37.6 Å². The van der Waals surface area contributed by atoms with Crippen LogP contribution in [-0.2, 0) is 16.6 Å². The summed E-state index contributed by atoms with van der Waals surface area (Å²) < 4.78 is 31.6. The first-order chi connectivity index (χ1) is 8.87. The maximum Gasteiger partial charge on any atom is 0.241 e. The van der Waals surface area contributed by atoms with Crippen molar-refractivity contribution < 1.29 is 12.9 Å². The Morgan fingerprint density at radius 1 is 1.26 bits per heavy atom. The van der Waals surface area contributed by atoms with Gasteiger partial charge in [-0.15, -0.1) is 0 Å². The van der Waals surface area contributed by atoms with Gasteiger partial charge in [0.25, 0.3) is 0 Å². The number of anilines is 1. The second kappa shape index (κ2) is 5.02. The van der Waals surface area contributed by atoms with Gasteiger partial charge in [-0.2, -0.15) is 0 Å². The zero-order chi connectivity index (χ0) is 14.0. The lowest BCUT2D eigenvalue weighted by Gasteiger charge is -2.07. The molecule has 0 aliphatic carbocycles. The van der Waals surface area contributed by atoms with Crippen LogP contribution in [0.25, 0.3) is 0 Å². The van der Waals surface area contributed by atoms with Gasteiger partial charge >= 0.3 is 0 Å². The summed E-state index contributed by atoms with van der Waals surface area (Å²) in [6.07, 6.45) is 0. The van der Waals surface area contributed by atoms with Gasteiger partial charge in [0.2, 0.25) is 10.0 Å². The summed E-state index contributed by atoms with van der Waals surface area (Å²) in [5, 5.41) is 3.69. The molecule has 0 saturated carbocycles. The molecule has 102 valence electrons. The topological polar surface area (TPSA) is 98.2 Å². The van der Waals surface area contributed by atoms with E-state index in [0.717, 1.165) is 5.56 Å². The van der Waals surface area contributed by atoms with Crippen LogP contribution in [0.1, 0.15) is 17.0 Å². The minimum absolute atomic E-state index is 0.0526. The summed E-state index contributed by atoms with van der Waals surface area (Å²) in [6.45, 7) is 3.61. The molecular formula is C12H15N3O3S. The quantitative estimate of drug-likeness (QED) is 0.824. The van der Waals surface area contributed by atoms with Crippen LogP contribution < -0.4 is 10.5 Å². The van der Waals surface area contributed by atoms with Crippen molar-refractivity contribution in [3.05, 3.63) is 41.3 Å². The molecule has 0 bridgehead atoms. The first kappa shape index (κ1) is 13.6. The molecule has 0 atom stereocenters. The third kappa shape index (κ3) is 3.33. The van der Waals surface area contributed by atoms with Crippen molar-refractivity contribution in [1.29, 1.82) is 0 Å². The molecule has 1 aromatic carbocycles. The van der Waals surface area contributed by atoms with Gasteiger partial charge in [0.15, 0.2) is 5.76 Å². The molecule has 2 aromatic rings. The van der Waals surface area contributed by atoms with E-state index >= 15 is 0 Å². The number of nitrogens with one attached hydrogen (secondary N) is 1. The van der Waals surface area contributed by atoms with Crippen molar-refractivity contribution in [1.82, 2.24) is 9.88 Å². The summed E-state index contributed by atoms with van der Waals surface area (Å²) in [6, 6.07) is 6.36. The fraction of sp³-hybridized carbons (Fsp3) is 0.250. The minimum Gasteiger partial charge on any atom is -0.399 e. The van der Waals surface area contributed by atoms with Crippen LogP contribution in [0.2, 0.25) is 0 Å². The van der Waals surface area contributed by atoms with E-state index < -0.39 is 10.0 Å². The zero-order valence-corrected chi connectivity index (χ0v) is 11.5. The molecule has 6 nitrogen and oxygen atoms in total. The largest absolute Gasteiger partial charge is 0.399 e. The lowest BCUT2D eigenvalue weighted by molar-refractivity contribution is 0.377. The summed E-state index contributed by atoms with van der Waals surface area (Å²) in [5.41, 5.74) is 7.55. The average molecular weight is 281 g/mol. The molecule has 3 N–H and O–H groups in total. The average Bonchev–Trinajstić information content (AvgIpc) is 2.71. The van der Waals surface area contributed by atoms with Crippen LogP contribution in [-0.4, -0.2) is 13.6 Å². The van der Waals surface area contributed by atoms with Crippen LogP contribution in [0.15, 0.2) is 33.7 Å². The highest BCUT2D eigenvalue weighted by molar-refractivity contribution is 7.89. The molecule has 1 heterocycles. The Hall–Kier alpha value is -1.86. The first-order valence-electron chi connectivity index (χ1n) is 5.66. The molecule has 0 aliphatic rings. The van der Waals surface area contributed by atoms with Crippen molar-refractivity contribution in [2.75, 3.05) is 5.73 Å². The minimum atomic E-state index is -3.61. The highest BCUT2D eigenvalue weighted by Gasteiger charge is 2.15. The van der Waals surface area contributed by atoms with Crippen LogP contribution >= 0.6 is 0 Å². The van der Waals surface area contributed by atoms with Crippen molar-refractivity contribution in [3.63, 3.8) is 0 Å². The highest BCUT2D eigenvalue weighted by atomic mass is 32.2. The molecule has 1 aromatic heterocycles. The van der Waals surface area contributed by atoms with Gasteiger partial charge in [0.1, 0.15) is 0 Å². The Kier molecular flexibility index (Phi) is 3.59. The van der Waals surface area contributed by atoms with E-state index in [1.807, 2.05) is 0 Å². The summed E-state index contributed by atoms with van der Waals surface area (Å²) in [7, 11) is -3.61. The predicted molar refractivity (Wildman–Crippen MR) is 70.9 cm³/mol. The molecule has 0 amide bonds. The monoisotopic (exact) mass is 281 g/mol. The maximum absolute atomic E-state index is 12.1. The second-order valence-corrected chi connectivity index (χ2v) is 6.11. The number of hydrogen-bond donors (Lipinski definition) is 2. The van der Waals surface area contributed by atoms with Crippen molar-refractivity contribution in [2.24, 2.45) is 0 Å². The van der Waals surface area contributed by atoms with E-state index in [-0.39, 0.29) is 11.4 Å². The summed E-state index contributed by atoms with van der Waals surface area (Å²) in [5.74, 6) is 0.460. The molecule has 19 heavy (non-hydrogen) atoms. The Morgan fingerprint density at radius 2 is 2.00 bits per heavy atom. The second-order valence-electron chi connectivity index (χ2n) is 4.34. The van der Waals surface area contributed by atoms with E-state index in [4.69, 9.17) is 10.3 Å². The molecule has 7 heteroatoms. The third-order valence-electron chi connectivity index (χ3n) is 2.50. The molecule has 0 radical (unpaired) electrons. The SMILES string of the molecule is Cc1cc(N)cc(S(=O)(=O)NCc2cc(C)no2)c1. The Labute approximate surface area is 111 Å². The van der Waals surface area contributed by atoms with Gasteiger partial charge in [-0.25, -0.2) is 13.1 Å². The van der Waals surface area contributed by atoms with Gasteiger partial charge < -0.3 is 10.3 Å². The molecule has 2 rings (SSSR count). The van der Waals surface area contributed by atoms with Gasteiger partial charge in [-0.1, -0.05) is 5.16 Å².